The Morgan fingerprint density at radius 2 is 1.71 bits per heavy atom. The Morgan fingerprint density at radius 3 is 2.35 bits per heavy atom. The molecule has 1 heterocycles. The van der Waals surface area contributed by atoms with E-state index >= 15 is 0 Å². The smallest absolute Gasteiger partial charge is 0.0947 e. The van der Waals surface area contributed by atoms with Crippen molar-refractivity contribution in [3.05, 3.63) is 107 Å². The normalized spacial score (nSPS) is 15.0. The summed E-state index contributed by atoms with van der Waals surface area (Å²) in [5.41, 5.74) is 15.3. The van der Waals surface area contributed by atoms with E-state index < -0.39 is 0 Å². The number of alkyl halides is 1. The number of benzene rings is 3. The number of halogens is 1. The molecule has 1 aliphatic rings. The highest BCUT2D eigenvalue weighted by Gasteiger charge is 2.25. The molecule has 1 aliphatic heterocycles. The maximum absolute atomic E-state index is 12.6. The number of nitrogen functional groups attached to an aromatic ring is 1. The fourth-order valence-electron chi connectivity index (χ4n) is 4.89. The van der Waals surface area contributed by atoms with Crippen molar-refractivity contribution in [2.45, 2.75) is 26.2 Å². The fraction of sp³-hybridized carbons (Fsp3) is 0.290. The van der Waals surface area contributed by atoms with Gasteiger partial charge in [0.25, 0.3) is 0 Å². The Kier molecular flexibility index (Phi) is 7.97. The molecule has 0 atom stereocenters. The van der Waals surface area contributed by atoms with E-state index in [-0.39, 0.29) is 12.6 Å². The molecule has 1 saturated heterocycles. The minimum atomic E-state index is -0.182. The van der Waals surface area contributed by atoms with Crippen LogP contribution >= 0.6 is 0 Å². The molecule has 0 amide bonds. The summed E-state index contributed by atoms with van der Waals surface area (Å²) in [7, 11) is 0. The quantitative estimate of drug-likeness (QED) is 0.261. The Labute approximate surface area is 203 Å². The maximum atomic E-state index is 12.6. The minimum Gasteiger partial charge on any atom is -0.398 e. The standard InChI is InChI=1S/C31H35FN2/c1-3-25-19-28(16-17-30(25)33)31(29(4-2)26-10-6-5-7-11-26)27-14-12-23(13-15-27)9-8-18-34-21-24(20-32)22-34/h3,5-7,10-17,19,24H,1,4,8-9,18,20-22,33H2,2H3/b31-29+. The summed E-state index contributed by atoms with van der Waals surface area (Å²) in [5, 5.41) is 0. The summed E-state index contributed by atoms with van der Waals surface area (Å²) in [6, 6.07) is 25.8. The molecule has 0 saturated carbocycles. The van der Waals surface area contributed by atoms with Gasteiger partial charge >= 0.3 is 0 Å². The number of likely N-dealkylation sites (tertiary alicyclic amines) is 1. The SMILES string of the molecule is C=Cc1cc(/C(=C(\CC)c2ccccc2)c2ccc(CCCN3CC(CF)C3)cc2)ccc1N. The molecule has 3 heteroatoms. The summed E-state index contributed by atoms with van der Waals surface area (Å²) in [5.74, 6) is 0.261. The van der Waals surface area contributed by atoms with Crippen LogP contribution in [0.4, 0.5) is 10.1 Å². The van der Waals surface area contributed by atoms with Crippen LogP contribution in [0.25, 0.3) is 17.2 Å². The predicted octanol–water partition coefficient (Wildman–Crippen LogP) is 7.11. The largest absolute Gasteiger partial charge is 0.398 e. The first kappa shape index (κ1) is 24.0. The number of rotatable bonds is 10. The molecule has 1 fully saturated rings. The highest BCUT2D eigenvalue weighted by molar-refractivity contribution is 5.99. The van der Waals surface area contributed by atoms with Gasteiger partial charge < -0.3 is 10.6 Å². The third-order valence-electron chi connectivity index (χ3n) is 6.81. The molecule has 0 bridgehead atoms. The number of hydrogen-bond acceptors (Lipinski definition) is 2. The first-order valence-corrected chi connectivity index (χ1v) is 12.3. The van der Waals surface area contributed by atoms with Gasteiger partial charge in [-0.2, -0.15) is 0 Å². The van der Waals surface area contributed by atoms with Gasteiger partial charge in [0.15, 0.2) is 0 Å². The average molecular weight is 455 g/mol. The zero-order chi connectivity index (χ0) is 23.9. The second-order valence-electron chi connectivity index (χ2n) is 9.20. The minimum absolute atomic E-state index is 0.182. The van der Waals surface area contributed by atoms with E-state index in [0.29, 0.717) is 0 Å². The zero-order valence-electron chi connectivity index (χ0n) is 20.1. The number of nitrogens with zero attached hydrogens (tertiary/aromatic N) is 1. The average Bonchev–Trinajstić information content (AvgIpc) is 2.85. The molecule has 3 aromatic rings. The number of hydrogen-bond donors (Lipinski definition) is 1. The van der Waals surface area contributed by atoms with Crippen molar-refractivity contribution in [1.82, 2.24) is 4.90 Å². The molecular weight excluding hydrogens is 419 g/mol. The molecule has 176 valence electrons. The van der Waals surface area contributed by atoms with Crippen molar-refractivity contribution >= 4 is 22.9 Å². The summed E-state index contributed by atoms with van der Waals surface area (Å²) < 4.78 is 12.6. The fourth-order valence-corrected chi connectivity index (χ4v) is 4.89. The third kappa shape index (κ3) is 5.48. The molecule has 0 unspecified atom stereocenters. The molecule has 34 heavy (non-hydrogen) atoms. The van der Waals surface area contributed by atoms with Gasteiger partial charge in [-0.3, -0.25) is 4.39 Å². The first-order valence-electron chi connectivity index (χ1n) is 12.3. The molecular formula is C31H35FN2. The third-order valence-corrected chi connectivity index (χ3v) is 6.81. The van der Waals surface area contributed by atoms with Gasteiger partial charge in [0.2, 0.25) is 0 Å². The molecule has 0 spiro atoms. The Hall–Kier alpha value is -3.17. The van der Waals surface area contributed by atoms with E-state index in [4.69, 9.17) is 5.73 Å². The van der Waals surface area contributed by atoms with E-state index in [1.807, 2.05) is 12.1 Å². The van der Waals surface area contributed by atoms with Gasteiger partial charge in [0.1, 0.15) is 0 Å². The van der Waals surface area contributed by atoms with Crippen LogP contribution in [0.2, 0.25) is 0 Å². The van der Waals surface area contributed by atoms with Crippen LogP contribution < -0.4 is 5.73 Å². The van der Waals surface area contributed by atoms with Crippen molar-refractivity contribution < 1.29 is 4.39 Å². The van der Waals surface area contributed by atoms with E-state index in [1.165, 1.54) is 27.8 Å². The topological polar surface area (TPSA) is 29.3 Å². The van der Waals surface area contributed by atoms with Gasteiger partial charge in [-0.1, -0.05) is 80.2 Å². The summed E-state index contributed by atoms with van der Waals surface area (Å²) >= 11 is 0. The highest BCUT2D eigenvalue weighted by Crippen LogP contribution is 2.35. The Morgan fingerprint density at radius 1 is 1.00 bits per heavy atom. The summed E-state index contributed by atoms with van der Waals surface area (Å²) in [6.07, 6.45) is 4.88. The summed E-state index contributed by atoms with van der Waals surface area (Å²) in [4.78, 5) is 2.35. The molecule has 2 nitrogen and oxygen atoms in total. The predicted molar refractivity (Wildman–Crippen MR) is 144 cm³/mol. The van der Waals surface area contributed by atoms with Crippen LogP contribution in [0.5, 0.6) is 0 Å². The van der Waals surface area contributed by atoms with E-state index in [2.05, 4.69) is 85.1 Å². The van der Waals surface area contributed by atoms with E-state index in [9.17, 15) is 4.39 Å². The van der Waals surface area contributed by atoms with E-state index in [0.717, 1.165) is 55.7 Å². The van der Waals surface area contributed by atoms with Gasteiger partial charge in [0, 0.05) is 24.7 Å². The first-order chi connectivity index (χ1) is 16.6. The van der Waals surface area contributed by atoms with Crippen molar-refractivity contribution in [1.29, 1.82) is 0 Å². The zero-order valence-corrected chi connectivity index (χ0v) is 20.1. The summed E-state index contributed by atoms with van der Waals surface area (Å²) in [6.45, 7) is 8.85. The Balaban J connectivity index is 1.62. The van der Waals surface area contributed by atoms with Crippen LogP contribution in [0.15, 0.2) is 79.4 Å². The van der Waals surface area contributed by atoms with Crippen LogP contribution in [0, 0.1) is 5.92 Å². The lowest BCUT2D eigenvalue weighted by molar-refractivity contribution is 0.0801. The van der Waals surface area contributed by atoms with Crippen molar-refractivity contribution in [2.75, 3.05) is 32.0 Å². The van der Waals surface area contributed by atoms with Crippen molar-refractivity contribution in [2.24, 2.45) is 5.92 Å². The van der Waals surface area contributed by atoms with Crippen molar-refractivity contribution in [3.8, 4) is 0 Å². The molecule has 0 aromatic heterocycles. The van der Waals surface area contributed by atoms with Crippen molar-refractivity contribution in [3.63, 3.8) is 0 Å². The number of anilines is 1. The molecule has 4 rings (SSSR count). The van der Waals surface area contributed by atoms with Gasteiger partial charge in [-0.25, -0.2) is 0 Å². The number of nitrogens with two attached hydrogens (primary N) is 1. The highest BCUT2D eigenvalue weighted by atomic mass is 19.1. The number of aryl methyl sites for hydroxylation is 1. The maximum Gasteiger partial charge on any atom is 0.0947 e. The number of allylic oxidation sites excluding steroid dienone is 1. The lowest BCUT2D eigenvalue weighted by atomic mass is 9.87. The van der Waals surface area contributed by atoms with E-state index in [1.54, 1.807) is 0 Å². The van der Waals surface area contributed by atoms with Crippen LogP contribution in [-0.2, 0) is 6.42 Å². The lowest BCUT2D eigenvalue weighted by Gasteiger charge is -2.37. The van der Waals surface area contributed by atoms with Crippen LogP contribution in [-0.4, -0.2) is 31.2 Å². The van der Waals surface area contributed by atoms with Crippen LogP contribution in [0.3, 0.4) is 0 Å². The van der Waals surface area contributed by atoms with Gasteiger partial charge in [-0.05, 0) is 76.9 Å². The second kappa shape index (κ2) is 11.3. The van der Waals surface area contributed by atoms with Crippen LogP contribution in [0.1, 0.15) is 47.6 Å². The lowest BCUT2D eigenvalue weighted by Crippen LogP contribution is -2.47. The Bertz CT molecular complexity index is 1130. The molecule has 0 radical (unpaired) electrons. The molecule has 3 aromatic carbocycles. The monoisotopic (exact) mass is 454 g/mol. The molecule has 0 aliphatic carbocycles. The second-order valence-corrected chi connectivity index (χ2v) is 9.20. The van der Waals surface area contributed by atoms with Gasteiger partial charge in [-0.15, -0.1) is 0 Å². The van der Waals surface area contributed by atoms with Gasteiger partial charge in [0.05, 0.1) is 6.67 Å². The molecule has 2 N–H and O–H groups in total.